The number of piperazine rings is 1. The molecule has 1 saturated heterocycles. The van der Waals surface area contributed by atoms with Crippen molar-refractivity contribution in [3.8, 4) is 0 Å². The summed E-state index contributed by atoms with van der Waals surface area (Å²) in [5, 5.41) is 1.87. The first kappa shape index (κ1) is 10.7. The number of rotatable bonds is 2. The summed E-state index contributed by atoms with van der Waals surface area (Å²) in [5.41, 5.74) is 2.15. The topological polar surface area (TPSA) is 61.2 Å². The van der Waals surface area contributed by atoms with Gasteiger partial charge in [-0.1, -0.05) is 12.1 Å². The van der Waals surface area contributed by atoms with E-state index in [-0.39, 0.29) is 0 Å². The number of benzene rings is 1. The lowest BCUT2D eigenvalue weighted by atomic mass is 10.3. The average molecular weight is 231 g/mol. The number of fused-ring (bicyclic) bond motifs is 1. The lowest BCUT2D eigenvalue weighted by Crippen LogP contribution is -2.48. The number of hydrazine groups is 1. The Hall–Kier alpha value is -1.43. The summed E-state index contributed by atoms with van der Waals surface area (Å²) in [6.07, 6.45) is 0. The minimum absolute atomic E-state index is 0.878. The first-order chi connectivity index (χ1) is 8.31. The zero-order valence-electron chi connectivity index (χ0n) is 9.76. The fourth-order valence-corrected chi connectivity index (χ4v) is 2.21. The maximum atomic E-state index is 5.73. The third-order valence-electron chi connectivity index (χ3n) is 3.22. The van der Waals surface area contributed by atoms with Crippen LogP contribution in [-0.4, -0.2) is 46.1 Å². The van der Waals surface area contributed by atoms with Crippen LogP contribution < -0.4 is 5.84 Å². The average Bonchev–Trinajstić information content (AvgIpc) is 2.74. The van der Waals surface area contributed by atoms with E-state index < -0.39 is 0 Å². The highest BCUT2D eigenvalue weighted by atomic mass is 15.4. The van der Waals surface area contributed by atoms with Crippen molar-refractivity contribution in [2.45, 2.75) is 6.54 Å². The van der Waals surface area contributed by atoms with Crippen molar-refractivity contribution >= 4 is 11.0 Å². The number of para-hydroxylation sites is 2. The molecule has 2 heterocycles. The van der Waals surface area contributed by atoms with Crippen LogP contribution in [0.5, 0.6) is 0 Å². The van der Waals surface area contributed by atoms with E-state index in [4.69, 9.17) is 5.84 Å². The smallest absolute Gasteiger partial charge is 0.121 e. The summed E-state index contributed by atoms with van der Waals surface area (Å²) in [6.45, 7) is 4.75. The van der Waals surface area contributed by atoms with Crippen molar-refractivity contribution < 1.29 is 0 Å². The van der Waals surface area contributed by atoms with Crippen LogP contribution in [0, 0.1) is 0 Å². The summed E-state index contributed by atoms with van der Waals surface area (Å²) >= 11 is 0. The van der Waals surface area contributed by atoms with Crippen LogP contribution in [0.4, 0.5) is 0 Å². The largest absolute Gasteiger partial charge is 0.341 e. The van der Waals surface area contributed by atoms with Gasteiger partial charge in [0.1, 0.15) is 5.82 Å². The van der Waals surface area contributed by atoms with Crippen LogP contribution >= 0.6 is 0 Å². The van der Waals surface area contributed by atoms with Gasteiger partial charge in [-0.3, -0.25) is 10.7 Å². The molecule has 1 aromatic carbocycles. The molecule has 0 amide bonds. The van der Waals surface area contributed by atoms with Gasteiger partial charge >= 0.3 is 0 Å². The molecule has 1 aromatic heterocycles. The molecule has 5 heteroatoms. The third-order valence-corrected chi connectivity index (χ3v) is 3.22. The molecular weight excluding hydrogens is 214 g/mol. The number of hydrogen-bond donors (Lipinski definition) is 2. The highest BCUT2D eigenvalue weighted by molar-refractivity contribution is 5.74. The Labute approximate surface area is 100 Å². The Morgan fingerprint density at radius 1 is 1.18 bits per heavy atom. The summed E-state index contributed by atoms with van der Waals surface area (Å²) < 4.78 is 0. The van der Waals surface area contributed by atoms with Crippen LogP contribution in [0.25, 0.3) is 11.0 Å². The van der Waals surface area contributed by atoms with Crippen LogP contribution in [0.15, 0.2) is 24.3 Å². The molecule has 0 spiro atoms. The van der Waals surface area contributed by atoms with Gasteiger partial charge in [-0.15, -0.1) is 0 Å². The van der Waals surface area contributed by atoms with Crippen molar-refractivity contribution in [2.75, 3.05) is 26.2 Å². The molecule has 0 unspecified atom stereocenters. The number of nitrogens with one attached hydrogen (secondary N) is 1. The lowest BCUT2D eigenvalue weighted by Gasteiger charge is -2.31. The number of imidazole rings is 1. The molecule has 3 N–H and O–H groups in total. The predicted octanol–water partition coefficient (Wildman–Crippen LogP) is 0.554. The summed E-state index contributed by atoms with van der Waals surface area (Å²) in [4.78, 5) is 10.3. The summed E-state index contributed by atoms with van der Waals surface area (Å²) in [7, 11) is 0. The van der Waals surface area contributed by atoms with Gasteiger partial charge in [-0.2, -0.15) is 0 Å². The fourth-order valence-electron chi connectivity index (χ4n) is 2.21. The SMILES string of the molecule is NN1CCN(Cc2nc3ccccc3[nH]2)CC1. The van der Waals surface area contributed by atoms with Gasteiger partial charge in [0.25, 0.3) is 0 Å². The number of H-pyrrole nitrogens is 1. The molecule has 3 rings (SSSR count). The first-order valence-corrected chi connectivity index (χ1v) is 5.97. The normalized spacial score (nSPS) is 18.9. The molecule has 90 valence electrons. The van der Waals surface area contributed by atoms with Crippen LogP contribution in [0.1, 0.15) is 5.82 Å². The van der Waals surface area contributed by atoms with Crippen LogP contribution in [0.3, 0.4) is 0 Å². The molecule has 0 atom stereocenters. The standard InChI is InChI=1S/C12H17N5/c13-17-7-5-16(6-8-17)9-12-14-10-3-1-2-4-11(10)15-12/h1-4H,5-9,13H2,(H,14,15). The van der Waals surface area contributed by atoms with Gasteiger partial charge in [-0.25, -0.2) is 9.99 Å². The number of aromatic nitrogens is 2. The number of aromatic amines is 1. The van der Waals surface area contributed by atoms with Crippen LogP contribution in [0.2, 0.25) is 0 Å². The molecule has 0 bridgehead atoms. The van der Waals surface area contributed by atoms with Gasteiger partial charge in [0.05, 0.1) is 17.6 Å². The second-order valence-electron chi connectivity index (χ2n) is 4.51. The maximum Gasteiger partial charge on any atom is 0.121 e. The molecule has 5 nitrogen and oxygen atoms in total. The molecule has 1 aliphatic rings. The first-order valence-electron chi connectivity index (χ1n) is 5.97. The number of hydrogen-bond acceptors (Lipinski definition) is 4. The third kappa shape index (κ3) is 2.31. The quantitative estimate of drug-likeness (QED) is 0.741. The van der Waals surface area contributed by atoms with Crippen molar-refractivity contribution in [3.05, 3.63) is 30.1 Å². The molecule has 17 heavy (non-hydrogen) atoms. The Bertz CT molecular complexity index is 465. The van der Waals surface area contributed by atoms with E-state index in [2.05, 4.69) is 20.9 Å². The second kappa shape index (κ2) is 4.44. The summed E-state index contributed by atoms with van der Waals surface area (Å²) in [6, 6.07) is 8.13. The minimum atomic E-state index is 0.878. The zero-order chi connectivity index (χ0) is 11.7. The van der Waals surface area contributed by atoms with Gasteiger partial charge in [0.2, 0.25) is 0 Å². The van der Waals surface area contributed by atoms with Gasteiger partial charge in [-0.05, 0) is 12.1 Å². The Morgan fingerprint density at radius 3 is 2.71 bits per heavy atom. The van der Waals surface area contributed by atoms with Gasteiger partial charge in [0, 0.05) is 26.2 Å². The Balaban J connectivity index is 1.72. The molecule has 0 radical (unpaired) electrons. The van der Waals surface area contributed by atoms with E-state index in [1.54, 1.807) is 0 Å². The van der Waals surface area contributed by atoms with E-state index in [1.165, 1.54) is 0 Å². The molecule has 1 fully saturated rings. The summed E-state index contributed by atoms with van der Waals surface area (Å²) in [5.74, 6) is 6.77. The number of nitrogens with two attached hydrogens (primary N) is 1. The van der Waals surface area contributed by atoms with E-state index in [0.717, 1.165) is 49.6 Å². The van der Waals surface area contributed by atoms with E-state index >= 15 is 0 Å². The number of nitrogens with zero attached hydrogens (tertiary/aromatic N) is 3. The van der Waals surface area contributed by atoms with Crippen molar-refractivity contribution in [1.29, 1.82) is 0 Å². The van der Waals surface area contributed by atoms with E-state index in [0.29, 0.717) is 0 Å². The monoisotopic (exact) mass is 231 g/mol. The maximum absolute atomic E-state index is 5.73. The predicted molar refractivity (Wildman–Crippen MR) is 67.1 cm³/mol. The van der Waals surface area contributed by atoms with Gasteiger partial charge < -0.3 is 4.98 Å². The van der Waals surface area contributed by atoms with Crippen molar-refractivity contribution in [1.82, 2.24) is 19.9 Å². The van der Waals surface area contributed by atoms with E-state index in [9.17, 15) is 0 Å². The Kier molecular flexibility index (Phi) is 2.80. The Morgan fingerprint density at radius 2 is 1.94 bits per heavy atom. The minimum Gasteiger partial charge on any atom is -0.341 e. The van der Waals surface area contributed by atoms with Gasteiger partial charge in [0.15, 0.2) is 0 Å². The molecule has 0 aliphatic carbocycles. The molecular formula is C12H17N5. The van der Waals surface area contributed by atoms with Crippen molar-refractivity contribution in [2.24, 2.45) is 5.84 Å². The second-order valence-corrected chi connectivity index (χ2v) is 4.51. The molecule has 0 saturated carbocycles. The zero-order valence-corrected chi connectivity index (χ0v) is 9.76. The lowest BCUT2D eigenvalue weighted by molar-refractivity contribution is 0.126. The van der Waals surface area contributed by atoms with Crippen molar-refractivity contribution in [3.63, 3.8) is 0 Å². The fraction of sp³-hybridized carbons (Fsp3) is 0.417. The molecule has 2 aromatic rings. The highest BCUT2D eigenvalue weighted by Gasteiger charge is 2.15. The highest BCUT2D eigenvalue weighted by Crippen LogP contribution is 2.12. The van der Waals surface area contributed by atoms with Crippen LogP contribution in [-0.2, 0) is 6.54 Å². The molecule has 1 aliphatic heterocycles. The van der Waals surface area contributed by atoms with E-state index in [1.807, 2.05) is 23.2 Å².